The molecule has 0 amide bonds. The van der Waals surface area contributed by atoms with E-state index in [-0.39, 0.29) is 0 Å². The summed E-state index contributed by atoms with van der Waals surface area (Å²) in [6.07, 6.45) is 1.93. The van der Waals surface area contributed by atoms with Crippen molar-refractivity contribution in [1.82, 2.24) is 9.97 Å². The fourth-order valence-corrected chi connectivity index (χ4v) is 2.13. The maximum absolute atomic E-state index is 4.66. The van der Waals surface area contributed by atoms with Crippen LogP contribution in [-0.4, -0.2) is 16.5 Å². The van der Waals surface area contributed by atoms with E-state index in [1.54, 1.807) is 0 Å². The highest BCUT2D eigenvalue weighted by molar-refractivity contribution is 5.64. The Kier molecular flexibility index (Phi) is 5.14. The molecule has 0 saturated carbocycles. The van der Waals surface area contributed by atoms with E-state index < -0.39 is 0 Å². The van der Waals surface area contributed by atoms with E-state index in [1.165, 1.54) is 5.56 Å². The lowest BCUT2D eigenvalue weighted by atomic mass is 10.2. The van der Waals surface area contributed by atoms with Crippen molar-refractivity contribution in [2.75, 3.05) is 17.2 Å². The highest BCUT2D eigenvalue weighted by atomic mass is 15.1. The highest BCUT2D eigenvalue weighted by Gasteiger charge is 2.10. The van der Waals surface area contributed by atoms with Crippen LogP contribution in [0.2, 0.25) is 0 Å². The molecule has 112 valence electrons. The fraction of sp³-hybridized carbons (Fsp3) is 0.412. The minimum Gasteiger partial charge on any atom is -0.370 e. The number of aromatic nitrogens is 2. The largest absolute Gasteiger partial charge is 0.370 e. The topological polar surface area (TPSA) is 49.8 Å². The second-order valence-electron chi connectivity index (χ2n) is 5.23. The first-order chi connectivity index (χ1) is 10.1. The molecule has 21 heavy (non-hydrogen) atoms. The normalized spacial score (nSPS) is 10.5. The van der Waals surface area contributed by atoms with Gasteiger partial charge >= 0.3 is 0 Å². The van der Waals surface area contributed by atoms with Gasteiger partial charge in [0, 0.05) is 24.2 Å². The van der Waals surface area contributed by atoms with Crippen LogP contribution in [0.3, 0.4) is 0 Å². The van der Waals surface area contributed by atoms with Gasteiger partial charge in [-0.15, -0.1) is 0 Å². The van der Waals surface area contributed by atoms with Crippen LogP contribution in [0.5, 0.6) is 0 Å². The van der Waals surface area contributed by atoms with Crippen LogP contribution < -0.4 is 10.6 Å². The Morgan fingerprint density at radius 3 is 2.24 bits per heavy atom. The van der Waals surface area contributed by atoms with Crippen LogP contribution in [0.1, 0.15) is 37.2 Å². The quantitative estimate of drug-likeness (QED) is 0.833. The molecule has 0 atom stereocenters. The number of aryl methyl sites for hydroxylation is 2. The van der Waals surface area contributed by atoms with Crippen molar-refractivity contribution in [2.45, 2.75) is 40.5 Å². The van der Waals surface area contributed by atoms with Crippen LogP contribution in [0, 0.1) is 13.8 Å². The molecular formula is C17H24N4. The molecule has 1 aromatic heterocycles. The average molecular weight is 284 g/mol. The zero-order chi connectivity index (χ0) is 15.2. The molecule has 4 nitrogen and oxygen atoms in total. The van der Waals surface area contributed by atoms with Gasteiger partial charge in [0.15, 0.2) is 0 Å². The molecule has 0 saturated heterocycles. The number of anilines is 3. The summed E-state index contributed by atoms with van der Waals surface area (Å²) in [6.45, 7) is 9.21. The number of hydrogen-bond acceptors (Lipinski definition) is 4. The summed E-state index contributed by atoms with van der Waals surface area (Å²) < 4.78 is 0. The maximum atomic E-state index is 4.66. The van der Waals surface area contributed by atoms with E-state index in [1.807, 2.05) is 6.92 Å². The molecule has 0 fully saturated rings. The standard InChI is InChI=1S/C17H24N4/c1-5-7-15-20-16(18-6-2)13(4)17(21-15)19-14-10-8-12(3)9-11-14/h8-11H,5-7H2,1-4H3,(H2,18,19,20,21). The van der Waals surface area contributed by atoms with E-state index in [9.17, 15) is 0 Å². The van der Waals surface area contributed by atoms with Gasteiger partial charge in [-0.1, -0.05) is 24.6 Å². The molecule has 2 aromatic rings. The molecule has 0 bridgehead atoms. The van der Waals surface area contributed by atoms with Gasteiger partial charge in [-0.25, -0.2) is 9.97 Å². The maximum Gasteiger partial charge on any atom is 0.139 e. The summed E-state index contributed by atoms with van der Waals surface area (Å²) in [5, 5.41) is 6.72. The molecule has 2 rings (SSSR count). The van der Waals surface area contributed by atoms with E-state index in [0.717, 1.165) is 48.1 Å². The molecule has 1 heterocycles. The number of nitrogens with one attached hydrogen (secondary N) is 2. The Morgan fingerprint density at radius 2 is 1.62 bits per heavy atom. The summed E-state index contributed by atoms with van der Waals surface area (Å²) in [5.41, 5.74) is 3.35. The molecule has 4 heteroatoms. The van der Waals surface area contributed by atoms with Crippen molar-refractivity contribution < 1.29 is 0 Å². The summed E-state index contributed by atoms with van der Waals surface area (Å²) in [5.74, 6) is 2.69. The zero-order valence-corrected chi connectivity index (χ0v) is 13.3. The Balaban J connectivity index is 2.33. The predicted molar refractivity (Wildman–Crippen MR) is 89.4 cm³/mol. The van der Waals surface area contributed by atoms with Gasteiger partial charge in [0.1, 0.15) is 17.5 Å². The molecule has 0 aliphatic rings. The van der Waals surface area contributed by atoms with Crippen molar-refractivity contribution in [2.24, 2.45) is 0 Å². The van der Waals surface area contributed by atoms with E-state index in [4.69, 9.17) is 0 Å². The molecule has 1 aromatic carbocycles. The highest BCUT2D eigenvalue weighted by Crippen LogP contribution is 2.24. The van der Waals surface area contributed by atoms with Gasteiger partial charge in [0.25, 0.3) is 0 Å². The molecule has 0 aliphatic carbocycles. The van der Waals surface area contributed by atoms with Crippen molar-refractivity contribution in [1.29, 1.82) is 0 Å². The fourth-order valence-electron chi connectivity index (χ4n) is 2.13. The first kappa shape index (κ1) is 15.3. The van der Waals surface area contributed by atoms with Crippen LogP contribution in [0.15, 0.2) is 24.3 Å². The van der Waals surface area contributed by atoms with Gasteiger partial charge in [0.05, 0.1) is 0 Å². The summed E-state index contributed by atoms with van der Waals surface area (Å²) in [4.78, 5) is 9.27. The first-order valence-corrected chi connectivity index (χ1v) is 7.59. The van der Waals surface area contributed by atoms with Crippen LogP contribution in [0.25, 0.3) is 0 Å². The Bertz CT molecular complexity index is 590. The average Bonchev–Trinajstić information content (AvgIpc) is 2.47. The summed E-state index contributed by atoms with van der Waals surface area (Å²) >= 11 is 0. The second kappa shape index (κ2) is 7.07. The van der Waals surface area contributed by atoms with Crippen molar-refractivity contribution in [3.63, 3.8) is 0 Å². The summed E-state index contributed by atoms with van der Waals surface area (Å²) in [6, 6.07) is 8.33. The van der Waals surface area contributed by atoms with E-state index >= 15 is 0 Å². The van der Waals surface area contributed by atoms with Gasteiger partial charge in [-0.3, -0.25) is 0 Å². The van der Waals surface area contributed by atoms with Crippen molar-refractivity contribution >= 4 is 17.3 Å². The summed E-state index contributed by atoms with van der Waals surface area (Å²) in [7, 11) is 0. The number of rotatable bonds is 6. The van der Waals surface area contributed by atoms with Crippen LogP contribution in [0.4, 0.5) is 17.3 Å². The molecule has 0 radical (unpaired) electrons. The van der Waals surface area contributed by atoms with Gasteiger partial charge in [-0.2, -0.15) is 0 Å². The molecule has 2 N–H and O–H groups in total. The van der Waals surface area contributed by atoms with Crippen molar-refractivity contribution in [3.05, 3.63) is 41.2 Å². The minimum atomic E-state index is 0.855. The Labute approximate surface area is 127 Å². The van der Waals surface area contributed by atoms with Crippen LogP contribution >= 0.6 is 0 Å². The Morgan fingerprint density at radius 1 is 0.952 bits per heavy atom. The predicted octanol–water partition coefficient (Wildman–Crippen LogP) is 4.22. The first-order valence-electron chi connectivity index (χ1n) is 7.59. The SMILES string of the molecule is CCCc1nc(NCC)c(C)c(Nc2ccc(C)cc2)n1. The lowest BCUT2D eigenvalue weighted by molar-refractivity contribution is 0.833. The van der Waals surface area contributed by atoms with Gasteiger partial charge < -0.3 is 10.6 Å². The lowest BCUT2D eigenvalue weighted by Crippen LogP contribution is -2.09. The number of benzene rings is 1. The Hall–Kier alpha value is -2.10. The minimum absolute atomic E-state index is 0.855. The number of hydrogen-bond donors (Lipinski definition) is 2. The number of nitrogens with zero attached hydrogens (tertiary/aromatic N) is 2. The molecule has 0 spiro atoms. The second-order valence-corrected chi connectivity index (χ2v) is 5.23. The van der Waals surface area contributed by atoms with E-state index in [0.29, 0.717) is 0 Å². The molecule has 0 aliphatic heterocycles. The third-order valence-electron chi connectivity index (χ3n) is 3.32. The lowest BCUT2D eigenvalue weighted by Gasteiger charge is -2.14. The van der Waals surface area contributed by atoms with Crippen molar-refractivity contribution in [3.8, 4) is 0 Å². The molecule has 0 unspecified atom stereocenters. The molecular weight excluding hydrogens is 260 g/mol. The van der Waals surface area contributed by atoms with Gasteiger partial charge in [0.2, 0.25) is 0 Å². The van der Waals surface area contributed by atoms with Gasteiger partial charge in [-0.05, 0) is 39.3 Å². The zero-order valence-electron chi connectivity index (χ0n) is 13.3. The van der Waals surface area contributed by atoms with Crippen LogP contribution in [-0.2, 0) is 6.42 Å². The third kappa shape index (κ3) is 3.94. The van der Waals surface area contributed by atoms with E-state index in [2.05, 4.69) is 65.6 Å². The third-order valence-corrected chi connectivity index (χ3v) is 3.32. The monoisotopic (exact) mass is 284 g/mol. The smallest absolute Gasteiger partial charge is 0.139 e.